The lowest BCUT2D eigenvalue weighted by atomic mass is 10.1. The van der Waals surface area contributed by atoms with Crippen LogP contribution in [-0.2, 0) is 9.59 Å². The number of amides is 2. The molecule has 0 radical (unpaired) electrons. The summed E-state index contributed by atoms with van der Waals surface area (Å²) in [5.74, 6) is 0.214. The van der Waals surface area contributed by atoms with Crippen LogP contribution < -0.4 is 20.3 Å². The summed E-state index contributed by atoms with van der Waals surface area (Å²) < 4.78 is 10.6. The first-order valence-electron chi connectivity index (χ1n) is 8.20. The molecule has 0 aromatic heterocycles. The summed E-state index contributed by atoms with van der Waals surface area (Å²) in [5.41, 5.74) is 7.05. The highest BCUT2D eigenvalue weighted by Crippen LogP contribution is 2.25. The van der Waals surface area contributed by atoms with Gasteiger partial charge in [-0.25, -0.2) is 0 Å². The smallest absolute Gasteiger partial charge is 0.276 e. The number of hydrazine groups is 1. The highest BCUT2D eigenvalue weighted by Gasteiger charge is 2.07. The van der Waals surface area contributed by atoms with E-state index in [1.165, 1.54) is 6.08 Å². The van der Waals surface area contributed by atoms with Gasteiger partial charge >= 0.3 is 0 Å². The Morgan fingerprint density at radius 2 is 1.78 bits per heavy atom. The van der Waals surface area contributed by atoms with E-state index in [0.717, 1.165) is 16.7 Å². The predicted octanol–water partition coefficient (Wildman–Crippen LogP) is 3.21. The van der Waals surface area contributed by atoms with Crippen LogP contribution in [0.25, 0.3) is 6.08 Å². The van der Waals surface area contributed by atoms with Crippen molar-refractivity contribution in [2.45, 2.75) is 13.8 Å². The summed E-state index contributed by atoms with van der Waals surface area (Å²) in [6, 6.07) is 10.8. The second-order valence-electron chi connectivity index (χ2n) is 5.77. The number of halogens is 1. The largest absolute Gasteiger partial charge is 0.496 e. The van der Waals surface area contributed by atoms with Gasteiger partial charge in [-0.1, -0.05) is 29.8 Å². The third-order valence-corrected chi connectivity index (χ3v) is 4.25. The molecule has 0 heterocycles. The van der Waals surface area contributed by atoms with Crippen LogP contribution in [0.1, 0.15) is 16.7 Å². The molecule has 6 nitrogen and oxygen atoms in total. The summed E-state index contributed by atoms with van der Waals surface area (Å²) in [4.78, 5) is 23.6. The van der Waals surface area contributed by atoms with Crippen LogP contribution in [-0.4, -0.2) is 25.5 Å². The molecule has 7 heteroatoms. The van der Waals surface area contributed by atoms with Gasteiger partial charge < -0.3 is 9.47 Å². The molecule has 2 rings (SSSR count). The van der Waals surface area contributed by atoms with Crippen molar-refractivity contribution in [1.82, 2.24) is 10.9 Å². The van der Waals surface area contributed by atoms with Crippen molar-refractivity contribution >= 4 is 29.5 Å². The summed E-state index contributed by atoms with van der Waals surface area (Å²) in [5, 5.41) is 0.667. The van der Waals surface area contributed by atoms with E-state index in [-0.39, 0.29) is 6.61 Å². The molecule has 142 valence electrons. The molecule has 0 saturated carbocycles. The fourth-order valence-corrected chi connectivity index (χ4v) is 2.43. The van der Waals surface area contributed by atoms with Crippen LogP contribution in [0, 0.1) is 13.8 Å². The Kier molecular flexibility index (Phi) is 7.25. The van der Waals surface area contributed by atoms with E-state index in [0.29, 0.717) is 16.5 Å². The Bertz CT molecular complexity index is 842. The Balaban J connectivity index is 1.81. The van der Waals surface area contributed by atoms with Crippen LogP contribution in [0.5, 0.6) is 11.5 Å². The Morgan fingerprint density at radius 3 is 2.44 bits per heavy atom. The molecule has 2 aromatic rings. The van der Waals surface area contributed by atoms with Gasteiger partial charge in [-0.3, -0.25) is 20.4 Å². The normalized spacial score (nSPS) is 10.5. The molecule has 0 unspecified atom stereocenters. The first kappa shape index (κ1) is 20.3. The van der Waals surface area contributed by atoms with Gasteiger partial charge in [0.1, 0.15) is 11.5 Å². The van der Waals surface area contributed by atoms with Crippen molar-refractivity contribution in [2.24, 2.45) is 0 Å². The van der Waals surface area contributed by atoms with E-state index in [4.69, 9.17) is 21.1 Å². The Labute approximate surface area is 163 Å². The number of ether oxygens (including phenoxy) is 2. The van der Waals surface area contributed by atoms with Gasteiger partial charge in [-0.2, -0.15) is 0 Å². The fraction of sp³-hybridized carbons (Fsp3) is 0.200. The van der Waals surface area contributed by atoms with Crippen LogP contribution >= 0.6 is 11.6 Å². The summed E-state index contributed by atoms with van der Waals surface area (Å²) in [6.45, 7) is 3.48. The molecule has 0 bridgehead atoms. The quantitative estimate of drug-likeness (QED) is 0.588. The highest BCUT2D eigenvalue weighted by molar-refractivity contribution is 6.32. The number of carbonyl (C=O) groups excluding carboxylic acids is 2. The van der Waals surface area contributed by atoms with Crippen molar-refractivity contribution < 1.29 is 19.1 Å². The molecule has 0 saturated heterocycles. The third-order valence-electron chi connectivity index (χ3n) is 3.66. The predicted molar refractivity (Wildman–Crippen MR) is 105 cm³/mol. The number of methoxy groups -OCH3 is 1. The topological polar surface area (TPSA) is 76.7 Å². The second-order valence-corrected chi connectivity index (χ2v) is 6.15. The van der Waals surface area contributed by atoms with Crippen molar-refractivity contribution in [3.63, 3.8) is 0 Å². The highest BCUT2D eigenvalue weighted by atomic mass is 35.5. The first-order valence-corrected chi connectivity index (χ1v) is 8.58. The SMILES string of the molecule is COc1ccccc1C=CC(=O)NNC(=O)COc1cc(C)c(Cl)c(C)c1. The number of hydrogen-bond acceptors (Lipinski definition) is 4. The van der Waals surface area contributed by atoms with E-state index in [2.05, 4.69) is 10.9 Å². The molecule has 0 aliphatic rings. The lowest BCUT2D eigenvalue weighted by molar-refractivity contribution is -0.128. The molecule has 0 aliphatic heterocycles. The number of nitrogens with one attached hydrogen (secondary N) is 2. The van der Waals surface area contributed by atoms with Crippen LogP contribution in [0.15, 0.2) is 42.5 Å². The Morgan fingerprint density at radius 1 is 1.11 bits per heavy atom. The first-order chi connectivity index (χ1) is 12.9. The molecule has 0 fully saturated rings. The molecular formula is C20H21ClN2O4. The van der Waals surface area contributed by atoms with E-state index >= 15 is 0 Å². The maximum Gasteiger partial charge on any atom is 0.276 e. The summed E-state index contributed by atoms with van der Waals surface area (Å²) >= 11 is 6.09. The van der Waals surface area contributed by atoms with Crippen LogP contribution in [0.3, 0.4) is 0 Å². The van der Waals surface area contributed by atoms with Crippen molar-refractivity contribution in [3.05, 3.63) is 64.2 Å². The van der Waals surface area contributed by atoms with Crippen molar-refractivity contribution in [3.8, 4) is 11.5 Å². The zero-order valence-corrected chi connectivity index (χ0v) is 16.1. The van der Waals surface area contributed by atoms with E-state index < -0.39 is 11.8 Å². The van der Waals surface area contributed by atoms with Crippen LogP contribution in [0.4, 0.5) is 0 Å². The number of carbonyl (C=O) groups is 2. The van der Waals surface area contributed by atoms with E-state index in [1.54, 1.807) is 31.4 Å². The van der Waals surface area contributed by atoms with Gasteiger partial charge in [0.15, 0.2) is 6.61 Å². The standard InChI is InChI=1S/C20H21ClN2O4/c1-13-10-16(11-14(2)20(13)21)27-12-19(25)23-22-18(24)9-8-15-6-4-5-7-17(15)26-3/h4-11H,12H2,1-3H3,(H,22,24)(H,23,25). The summed E-state index contributed by atoms with van der Waals surface area (Å²) in [7, 11) is 1.55. The van der Waals surface area contributed by atoms with E-state index in [1.807, 2.05) is 32.0 Å². The molecule has 2 amide bonds. The van der Waals surface area contributed by atoms with Gasteiger partial charge in [0.2, 0.25) is 0 Å². The van der Waals surface area contributed by atoms with Gasteiger partial charge in [0.05, 0.1) is 7.11 Å². The minimum Gasteiger partial charge on any atom is -0.496 e. The maximum atomic E-state index is 11.8. The number of benzene rings is 2. The fourth-order valence-electron chi connectivity index (χ4n) is 2.32. The zero-order chi connectivity index (χ0) is 19.8. The average Bonchev–Trinajstić information content (AvgIpc) is 2.67. The second kappa shape index (κ2) is 9.64. The molecule has 0 aliphatic carbocycles. The monoisotopic (exact) mass is 388 g/mol. The minimum absolute atomic E-state index is 0.239. The number of rotatable bonds is 6. The lowest BCUT2D eigenvalue weighted by Crippen LogP contribution is -2.43. The number of hydrogen-bond donors (Lipinski definition) is 2. The van der Waals surface area contributed by atoms with Gasteiger partial charge in [0, 0.05) is 16.7 Å². The maximum absolute atomic E-state index is 11.8. The van der Waals surface area contributed by atoms with Crippen molar-refractivity contribution in [2.75, 3.05) is 13.7 Å². The third kappa shape index (κ3) is 6.04. The molecule has 2 aromatic carbocycles. The van der Waals surface area contributed by atoms with Crippen molar-refractivity contribution in [1.29, 1.82) is 0 Å². The molecule has 27 heavy (non-hydrogen) atoms. The minimum atomic E-state index is -0.487. The lowest BCUT2D eigenvalue weighted by Gasteiger charge is -2.10. The van der Waals surface area contributed by atoms with Crippen LogP contribution in [0.2, 0.25) is 5.02 Å². The number of aryl methyl sites for hydroxylation is 2. The molecule has 0 atom stereocenters. The molecule has 0 spiro atoms. The zero-order valence-electron chi connectivity index (χ0n) is 15.3. The average molecular weight is 389 g/mol. The van der Waals surface area contributed by atoms with Gasteiger partial charge in [-0.15, -0.1) is 0 Å². The van der Waals surface area contributed by atoms with E-state index in [9.17, 15) is 9.59 Å². The summed E-state index contributed by atoms with van der Waals surface area (Å²) in [6.07, 6.45) is 2.89. The number of para-hydroxylation sites is 1. The van der Waals surface area contributed by atoms with Gasteiger partial charge in [-0.05, 0) is 49.2 Å². The van der Waals surface area contributed by atoms with Gasteiger partial charge in [0.25, 0.3) is 11.8 Å². The molecular weight excluding hydrogens is 368 g/mol. The molecule has 2 N–H and O–H groups in total. The Hall–Kier alpha value is -2.99.